The van der Waals surface area contributed by atoms with Gasteiger partial charge in [0.15, 0.2) is 12.6 Å². The van der Waals surface area contributed by atoms with E-state index in [2.05, 4.69) is 10.0 Å². The van der Waals surface area contributed by atoms with E-state index in [1.807, 2.05) is 0 Å². The van der Waals surface area contributed by atoms with E-state index in [0.29, 0.717) is 29.3 Å². The smallest absolute Gasteiger partial charge is 0.150 e. The molecule has 0 saturated heterocycles. The summed E-state index contributed by atoms with van der Waals surface area (Å²) >= 11 is 0. The highest BCUT2D eigenvalue weighted by Crippen LogP contribution is 2.13. The number of nitrogens with zero attached hydrogens (tertiary/aromatic N) is 3. The lowest BCUT2D eigenvalue weighted by Gasteiger charge is -2.01. The normalized spacial score (nSPS) is 9.75. The lowest BCUT2D eigenvalue weighted by atomic mass is 10.0. The number of aldehydes is 2. The van der Waals surface area contributed by atoms with E-state index in [9.17, 15) is 9.59 Å². The maximum Gasteiger partial charge on any atom is 0.150 e. The van der Waals surface area contributed by atoms with Crippen LogP contribution in [0.25, 0.3) is 16.5 Å². The van der Waals surface area contributed by atoms with Crippen molar-refractivity contribution in [2.75, 3.05) is 6.54 Å². The van der Waals surface area contributed by atoms with Gasteiger partial charge in [-0.2, -0.15) is 0 Å². The maximum absolute atomic E-state index is 10.8. The molecule has 0 radical (unpaired) electrons. The van der Waals surface area contributed by atoms with Gasteiger partial charge < -0.3 is 0 Å². The molecule has 0 amide bonds. The van der Waals surface area contributed by atoms with Crippen molar-refractivity contribution < 1.29 is 9.59 Å². The Morgan fingerprint density at radius 1 is 1.25 bits per heavy atom. The highest BCUT2D eigenvalue weighted by molar-refractivity contribution is 5.90. The minimum absolute atomic E-state index is 0.183. The van der Waals surface area contributed by atoms with Crippen LogP contribution in [0.2, 0.25) is 0 Å². The molecular formula is C11H9N3O2. The SMILES string of the molecule is [N-]=[N+]=NCC=Cc1c(C=O)cccc1C=O. The summed E-state index contributed by atoms with van der Waals surface area (Å²) in [6.45, 7) is 0.183. The number of rotatable bonds is 5. The highest BCUT2D eigenvalue weighted by atomic mass is 16.1. The number of benzene rings is 1. The van der Waals surface area contributed by atoms with Crippen LogP contribution in [0.4, 0.5) is 0 Å². The molecule has 0 bridgehead atoms. The summed E-state index contributed by atoms with van der Waals surface area (Å²) in [6, 6.07) is 4.87. The first-order valence-corrected chi connectivity index (χ1v) is 4.54. The van der Waals surface area contributed by atoms with E-state index in [4.69, 9.17) is 5.53 Å². The fourth-order valence-electron chi connectivity index (χ4n) is 1.25. The van der Waals surface area contributed by atoms with Crippen LogP contribution in [0.3, 0.4) is 0 Å². The summed E-state index contributed by atoms with van der Waals surface area (Å²) < 4.78 is 0. The van der Waals surface area contributed by atoms with Crippen LogP contribution in [0, 0.1) is 0 Å². The maximum atomic E-state index is 10.8. The predicted octanol–water partition coefficient (Wildman–Crippen LogP) is 2.64. The lowest BCUT2D eigenvalue weighted by molar-refractivity contribution is 0.112. The van der Waals surface area contributed by atoms with Gasteiger partial charge >= 0.3 is 0 Å². The van der Waals surface area contributed by atoms with Gasteiger partial charge in [0.1, 0.15) is 0 Å². The second kappa shape index (κ2) is 6.16. The third kappa shape index (κ3) is 2.80. The van der Waals surface area contributed by atoms with Crippen molar-refractivity contribution in [1.29, 1.82) is 0 Å². The minimum atomic E-state index is 0.183. The molecule has 0 spiro atoms. The van der Waals surface area contributed by atoms with Crippen molar-refractivity contribution in [3.63, 3.8) is 0 Å². The van der Waals surface area contributed by atoms with Gasteiger partial charge in [-0.3, -0.25) is 9.59 Å². The Hall–Kier alpha value is -2.39. The van der Waals surface area contributed by atoms with Crippen LogP contribution in [-0.4, -0.2) is 19.1 Å². The molecule has 0 saturated carbocycles. The molecule has 0 aromatic heterocycles. The number of hydrogen-bond donors (Lipinski definition) is 0. The van der Waals surface area contributed by atoms with Crippen molar-refractivity contribution in [2.24, 2.45) is 5.11 Å². The van der Waals surface area contributed by atoms with E-state index in [1.165, 1.54) is 0 Å². The molecule has 1 aromatic carbocycles. The zero-order valence-electron chi connectivity index (χ0n) is 8.41. The Labute approximate surface area is 92.0 Å². The first-order valence-electron chi connectivity index (χ1n) is 4.54. The van der Waals surface area contributed by atoms with E-state index >= 15 is 0 Å². The van der Waals surface area contributed by atoms with Gasteiger partial charge in [-0.1, -0.05) is 35.5 Å². The fraction of sp³-hybridized carbons (Fsp3) is 0.0909. The molecule has 0 N–H and O–H groups in total. The molecule has 0 unspecified atom stereocenters. The molecule has 0 heterocycles. The average molecular weight is 215 g/mol. The Morgan fingerprint density at radius 3 is 2.38 bits per heavy atom. The molecule has 0 aliphatic carbocycles. The number of azide groups is 1. The van der Waals surface area contributed by atoms with Crippen molar-refractivity contribution in [2.45, 2.75) is 0 Å². The van der Waals surface area contributed by atoms with E-state index in [-0.39, 0.29) is 6.54 Å². The van der Waals surface area contributed by atoms with Crippen molar-refractivity contribution in [1.82, 2.24) is 0 Å². The minimum Gasteiger partial charge on any atom is -0.298 e. The Bertz CT molecular complexity index is 448. The summed E-state index contributed by atoms with van der Waals surface area (Å²) in [6.07, 6.45) is 4.55. The molecule has 5 heteroatoms. The first-order chi connectivity index (χ1) is 7.83. The number of hydrogen-bond acceptors (Lipinski definition) is 3. The molecule has 1 rings (SSSR count). The summed E-state index contributed by atoms with van der Waals surface area (Å²) in [7, 11) is 0. The van der Waals surface area contributed by atoms with Gasteiger partial charge in [0.25, 0.3) is 0 Å². The molecule has 0 aliphatic heterocycles. The summed E-state index contributed by atoms with van der Waals surface area (Å²) in [5.74, 6) is 0. The molecular weight excluding hydrogens is 206 g/mol. The van der Waals surface area contributed by atoms with Crippen LogP contribution < -0.4 is 0 Å². The van der Waals surface area contributed by atoms with E-state index in [0.717, 1.165) is 0 Å². The number of carbonyl (C=O) groups is 2. The monoisotopic (exact) mass is 215 g/mol. The van der Waals surface area contributed by atoms with E-state index < -0.39 is 0 Å². The summed E-state index contributed by atoms with van der Waals surface area (Å²) in [5, 5.41) is 3.31. The third-order valence-corrected chi connectivity index (χ3v) is 1.96. The standard InChI is InChI=1S/C11H9N3O2/c12-14-13-6-2-5-11-9(7-15)3-1-4-10(11)8-16/h1-5,7-8H,6H2. The third-order valence-electron chi connectivity index (χ3n) is 1.96. The molecule has 80 valence electrons. The predicted molar refractivity (Wildman–Crippen MR) is 60.3 cm³/mol. The van der Waals surface area contributed by atoms with Crippen LogP contribution in [0.1, 0.15) is 26.3 Å². The zero-order valence-corrected chi connectivity index (χ0v) is 8.41. The molecule has 0 fully saturated rings. The highest BCUT2D eigenvalue weighted by Gasteiger charge is 2.03. The van der Waals surface area contributed by atoms with Crippen LogP contribution in [0.15, 0.2) is 29.4 Å². The average Bonchev–Trinajstić information content (AvgIpc) is 2.34. The summed E-state index contributed by atoms with van der Waals surface area (Å²) in [4.78, 5) is 24.1. The van der Waals surface area contributed by atoms with Crippen LogP contribution >= 0.6 is 0 Å². The first kappa shape index (κ1) is 11.7. The summed E-state index contributed by atoms with van der Waals surface area (Å²) in [5.41, 5.74) is 9.48. The van der Waals surface area contributed by atoms with Crippen LogP contribution in [-0.2, 0) is 0 Å². The van der Waals surface area contributed by atoms with Crippen molar-refractivity contribution in [3.8, 4) is 0 Å². The molecule has 16 heavy (non-hydrogen) atoms. The second-order valence-corrected chi connectivity index (χ2v) is 2.90. The van der Waals surface area contributed by atoms with Gasteiger partial charge in [-0.25, -0.2) is 0 Å². The molecule has 0 aliphatic rings. The quantitative estimate of drug-likeness (QED) is 0.327. The molecule has 5 nitrogen and oxygen atoms in total. The Morgan fingerprint density at radius 2 is 1.88 bits per heavy atom. The largest absolute Gasteiger partial charge is 0.298 e. The van der Waals surface area contributed by atoms with Gasteiger partial charge in [-0.05, 0) is 11.1 Å². The van der Waals surface area contributed by atoms with Gasteiger partial charge in [0.2, 0.25) is 0 Å². The van der Waals surface area contributed by atoms with Gasteiger partial charge in [-0.15, -0.1) is 0 Å². The second-order valence-electron chi connectivity index (χ2n) is 2.90. The lowest BCUT2D eigenvalue weighted by Crippen LogP contribution is -1.92. The zero-order chi connectivity index (χ0) is 11.8. The van der Waals surface area contributed by atoms with Crippen LogP contribution in [0.5, 0.6) is 0 Å². The van der Waals surface area contributed by atoms with E-state index in [1.54, 1.807) is 30.4 Å². The van der Waals surface area contributed by atoms with Crippen molar-refractivity contribution in [3.05, 3.63) is 51.4 Å². The topological polar surface area (TPSA) is 82.9 Å². The molecule has 1 aromatic rings. The fourth-order valence-corrected chi connectivity index (χ4v) is 1.25. The van der Waals surface area contributed by atoms with Gasteiger partial charge in [0.05, 0.1) is 0 Å². The van der Waals surface area contributed by atoms with Gasteiger partial charge in [0, 0.05) is 22.6 Å². The van der Waals surface area contributed by atoms with Crippen molar-refractivity contribution >= 4 is 18.6 Å². The number of carbonyl (C=O) groups excluding carboxylic acids is 2. The Kier molecular flexibility index (Phi) is 4.50. The molecule has 0 atom stereocenters. The Balaban J connectivity index is 3.08.